The Bertz CT molecular complexity index is 926. The minimum Gasteiger partial charge on any atom is -0.349 e. The standard InChI is InChI=1S/C20H17Cl2F3N2O2/c21-12-5-6-17(22)15(11-12)18(28)26-13-7-9-27(10-8-13)19(29)14-3-1-2-4-16(14)20(23,24)25/h1-6,11,13H,7-10H2,(H,26,28). The van der Waals surface area contributed by atoms with Crippen LogP contribution in [-0.2, 0) is 6.18 Å². The molecule has 0 spiro atoms. The second kappa shape index (κ2) is 8.63. The van der Waals surface area contributed by atoms with Crippen molar-refractivity contribution in [1.82, 2.24) is 10.2 Å². The number of likely N-dealkylation sites (tertiary alicyclic amines) is 1. The van der Waals surface area contributed by atoms with Crippen LogP contribution in [0.3, 0.4) is 0 Å². The fraction of sp³-hybridized carbons (Fsp3) is 0.300. The first-order valence-corrected chi connectivity index (χ1v) is 9.64. The molecule has 1 N–H and O–H groups in total. The number of carbonyl (C=O) groups excluding carboxylic acids is 2. The molecule has 1 aliphatic rings. The van der Waals surface area contributed by atoms with Crippen molar-refractivity contribution < 1.29 is 22.8 Å². The molecule has 2 aromatic carbocycles. The SMILES string of the molecule is O=C(NC1CCN(C(=O)c2ccccc2C(F)(F)F)CC1)c1cc(Cl)ccc1Cl. The van der Waals surface area contributed by atoms with Crippen molar-refractivity contribution in [2.45, 2.75) is 25.1 Å². The van der Waals surface area contributed by atoms with E-state index in [2.05, 4.69) is 5.32 Å². The number of nitrogens with zero attached hydrogens (tertiary/aromatic N) is 1. The number of hydrogen-bond acceptors (Lipinski definition) is 2. The molecular weight excluding hydrogens is 428 g/mol. The van der Waals surface area contributed by atoms with Crippen LogP contribution in [0.5, 0.6) is 0 Å². The summed E-state index contributed by atoms with van der Waals surface area (Å²) in [4.78, 5) is 26.4. The minimum absolute atomic E-state index is 0.223. The number of carbonyl (C=O) groups is 2. The average Bonchev–Trinajstić information content (AvgIpc) is 2.69. The Morgan fingerprint density at radius 3 is 2.31 bits per heavy atom. The summed E-state index contributed by atoms with van der Waals surface area (Å²) in [6.07, 6.45) is -3.76. The van der Waals surface area contributed by atoms with E-state index in [-0.39, 0.29) is 41.2 Å². The van der Waals surface area contributed by atoms with Gasteiger partial charge in [0.2, 0.25) is 0 Å². The zero-order valence-electron chi connectivity index (χ0n) is 15.1. The van der Waals surface area contributed by atoms with E-state index < -0.39 is 17.6 Å². The highest BCUT2D eigenvalue weighted by molar-refractivity contribution is 6.35. The molecule has 0 saturated carbocycles. The van der Waals surface area contributed by atoms with Crippen LogP contribution in [0.15, 0.2) is 42.5 Å². The monoisotopic (exact) mass is 444 g/mol. The molecule has 3 rings (SSSR count). The quantitative estimate of drug-likeness (QED) is 0.720. The maximum absolute atomic E-state index is 13.2. The van der Waals surface area contributed by atoms with Gasteiger partial charge in [-0.15, -0.1) is 0 Å². The first kappa shape index (κ1) is 21.5. The van der Waals surface area contributed by atoms with Crippen molar-refractivity contribution in [1.29, 1.82) is 0 Å². The van der Waals surface area contributed by atoms with Crippen LogP contribution < -0.4 is 5.32 Å². The Labute approximate surface area is 175 Å². The van der Waals surface area contributed by atoms with Gasteiger partial charge in [0.05, 0.1) is 21.7 Å². The Hall–Kier alpha value is -2.25. The molecular formula is C20H17Cl2F3N2O2. The molecule has 1 saturated heterocycles. The van der Waals surface area contributed by atoms with E-state index in [0.717, 1.165) is 6.07 Å². The lowest BCUT2D eigenvalue weighted by molar-refractivity contribution is -0.138. The lowest BCUT2D eigenvalue weighted by Gasteiger charge is -2.33. The molecule has 154 valence electrons. The van der Waals surface area contributed by atoms with Crippen LogP contribution in [0.2, 0.25) is 10.0 Å². The Morgan fingerprint density at radius 2 is 1.66 bits per heavy atom. The third-order valence-corrected chi connectivity index (χ3v) is 5.32. The highest BCUT2D eigenvalue weighted by atomic mass is 35.5. The summed E-state index contributed by atoms with van der Waals surface area (Å²) < 4.78 is 39.5. The molecule has 0 bridgehead atoms. The van der Waals surface area contributed by atoms with Gasteiger partial charge in [0, 0.05) is 24.2 Å². The molecule has 1 aliphatic heterocycles. The number of rotatable bonds is 3. The van der Waals surface area contributed by atoms with Gasteiger partial charge in [0.15, 0.2) is 0 Å². The third-order valence-electron chi connectivity index (χ3n) is 4.75. The largest absolute Gasteiger partial charge is 0.417 e. The van der Waals surface area contributed by atoms with Crippen molar-refractivity contribution in [3.05, 3.63) is 69.2 Å². The second-order valence-corrected chi connectivity index (χ2v) is 7.55. The Kier molecular flexibility index (Phi) is 6.39. The summed E-state index contributed by atoms with van der Waals surface area (Å²) in [5.74, 6) is -1.05. The lowest BCUT2D eigenvalue weighted by atomic mass is 10.0. The van der Waals surface area contributed by atoms with E-state index in [1.54, 1.807) is 6.07 Å². The molecule has 0 aliphatic carbocycles. The first-order chi connectivity index (χ1) is 13.7. The molecule has 0 aromatic heterocycles. The molecule has 1 fully saturated rings. The number of hydrogen-bond donors (Lipinski definition) is 1. The van der Waals surface area contributed by atoms with Crippen molar-refractivity contribution in [3.63, 3.8) is 0 Å². The molecule has 0 unspecified atom stereocenters. The van der Waals surface area contributed by atoms with Crippen LogP contribution in [0, 0.1) is 0 Å². The van der Waals surface area contributed by atoms with E-state index in [9.17, 15) is 22.8 Å². The molecule has 9 heteroatoms. The van der Waals surface area contributed by atoms with E-state index in [0.29, 0.717) is 17.9 Å². The van der Waals surface area contributed by atoms with Crippen molar-refractivity contribution >= 4 is 35.0 Å². The molecule has 4 nitrogen and oxygen atoms in total. The van der Waals surface area contributed by atoms with Crippen molar-refractivity contribution in [2.75, 3.05) is 13.1 Å². The maximum atomic E-state index is 13.2. The van der Waals surface area contributed by atoms with Crippen molar-refractivity contribution in [2.24, 2.45) is 0 Å². The van der Waals surface area contributed by atoms with Crippen molar-refractivity contribution in [3.8, 4) is 0 Å². The predicted octanol–water partition coefficient (Wildman–Crippen LogP) is 5.05. The van der Waals surface area contributed by atoms with Crippen LogP contribution >= 0.6 is 23.2 Å². The summed E-state index contributed by atoms with van der Waals surface area (Å²) in [6.45, 7) is 0.471. The number of amides is 2. The number of piperidine rings is 1. The highest BCUT2D eigenvalue weighted by Crippen LogP contribution is 2.32. The molecule has 0 radical (unpaired) electrons. The van der Waals surface area contributed by atoms with Crippen LogP contribution in [0.1, 0.15) is 39.1 Å². The highest BCUT2D eigenvalue weighted by Gasteiger charge is 2.36. The average molecular weight is 445 g/mol. The Balaban J connectivity index is 1.63. The summed E-state index contributed by atoms with van der Waals surface area (Å²) >= 11 is 11.9. The number of halogens is 5. The third kappa shape index (κ3) is 5.03. The molecule has 2 amide bonds. The molecule has 29 heavy (non-hydrogen) atoms. The number of nitrogens with one attached hydrogen (secondary N) is 1. The summed E-state index contributed by atoms with van der Waals surface area (Å²) in [7, 11) is 0. The van der Waals surface area contributed by atoms with Gasteiger partial charge >= 0.3 is 6.18 Å². The first-order valence-electron chi connectivity index (χ1n) is 8.88. The summed E-state index contributed by atoms with van der Waals surface area (Å²) in [5, 5.41) is 3.48. The van der Waals surface area contributed by atoms with Gasteiger partial charge in [-0.2, -0.15) is 13.2 Å². The van der Waals surface area contributed by atoms with E-state index in [4.69, 9.17) is 23.2 Å². The minimum atomic E-state index is -4.60. The molecule has 0 atom stereocenters. The Morgan fingerprint density at radius 1 is 1.00 bits per heavy atom. The van der Waals surface area contributed by atoms with Crippen LogP contribution in [0.25, 0.3) is 0 Å². The van der Waals surface area contributed by atoms with Gasteiger partial charge in [-0.3, -0.25) is 9.59 Å². The smallest absolute Gasteiger partial charge is 0.349 e. The normalized spacial score (nSPS) is 15.3. The lowest BCUT2D eigenvalue weighted by Crippen LogP contribution is -2.46. The van der Waals surface area contributed by atoms with Gasteiger partial charge < -0.3 is 10.2 Å². The zero-order chi connectivity index (χ0) is 21.2. The van der Waals surface area contributed by atoms with Gasteiger partial charge in [-0.25, -0.2) is 0 Å². The van der Waals surface area contributed by atoms with Crippen LogP contribution in [-0.4, -0.2) is 35.8 Å². The second-order valence-electron chi connectivity index (χ2n) is 6.71. The molecule has 1 heterocycles. The zero-order valence-corrected chi connectivity index (χ0v) is 16.6. The van der Waals surface area contributed by atoms with Gasteiger partial charge in [-0.1, -0.05) is 35.3 Å². The predicted molar refractivity (Wildman–Crippen MR) is 104 cm³/mol. The van der Waals surface area contributed by atoms with E-state index >= 15 is 0 Å². The topological polar surface area (TPSA) is 49.4 Å². The van der Waals surface area contributed by atoms with E-state index in [1.807, 2.05) is 0 Å². The summed E-state index contributed by atoms with van der Waals surface area (Å²) in [6, 6.07) is 9.08. The fourth-order valence-corrected chi connectivity index (χ4v) is 3.62. The number of benzene rings is 2. The van der Waals surface area contributed by atoms with Gasteiger partial charge in [-0.05, 0) is 43.2 Å². The fourth-order valence-electron chi connectivity index (χ4n) is 3.25. The number of alkyl halides is 3. The maximum Gasteiger partial charge on any atom is 0.417 e. The van der Waals surface area contributed by atoms with Crippen LogP contribution in [0.4, 0.5) is 13.2 Å². The van der Waals surface area contributed by atoms with Gasteiger partial charge in [0.1, 0.15) is 0 Å². The van der Waals surface area contributed by atoms with E-state index in [1.165, 1.54) is 35.2 Å². The van der Waals surface area contributed by atoms with Gasteiger partial charge in [0.25, 0.3) is 11.8 Å². The molecule has 2 aromatic rings. The summed E-state index contributed by atoms with van der Waals surface area (Å²) in [5.41, 5.74) is -1.07.